The van der Waals surface area contributed by atoms with Crippen LogP contribution in [0.25, 0.3) is 0 Å². The first kappa shape index (κ1) is 13.5. The molecule has 2 rings (SSSR count). The standard InChI is InChI=1S/C15H19N3O/c1-11(2)15-16-9-14(13(10-19)17-15)18(3)12-7-5-4-6-8-12/h4-9,11,19H,10H2,1-3H3. The van der Waals surface area contributed by atoms with Crippen molar-refractivity contribution in [1.82, 2.24) is 9.97 Å². The fraction of sp³-hybridized carbons (Fsp3) is 0.333. The fourth-order valence-electron chi connectivity index (χ4n) is 1.89. The average Bonchev–Trinajstić information content (AvgIpc) is 2.46. The molecule has 0 bridgehead atoms. The van der Waals surface area contributed by atoms with Gasteiger partial charge >= 0.3 is 0 Å². The van der Waals surface area contributed by atoms with Crippen molar-refractivity contribution in [2.75, 3.05) is 11.9 Å². The van der Waals surface area contributed by atoms with E-state index in [0.29, 0.717) is 5.69 Å². The van der Waals surface area contributed by atoms with Gasteiger partial charge in [0.1, 0.15) is 5.82 Å². The van der Waals surface area contributed by atoms with Crippen molar-refractivity contribution < 1.29 is 5.11 Å². The summed E-state index contributed by atoms with van der Waals surface area (Å²) in [6, 6.07) is 9.96. The lowest BCUT2D eigenvalue weighted by atomic mass is 10.2. The first-order chi connectivity index (χ1) is 9.13. The van der Waals surface area contributed by atoms with Gasteiger partial charge in [0.05, 0.1) is 24.2 Å². The zero-order valence-corrected chi connectivity index (χ0v) is 11.5. The minimum atomic E-state index is -0.0885. The van der Waals surface area contributed by atoms with Gasteiger partial charge in [0.25, 0.3) is 0 Å². The van der Waals surface area contributed by atoms with Crippen molar-refractivity contribution in [3.05, 3.63) is 48.0 Å². The minimum absolute atomic E-state index is 0.0885. The third-order valence-corrected chi connectivity index (χ3v) is 3.04. The summed E-state index contributed by atoms with van der Waals surface area (Å²) in [6.45, 7) is 3.99. The Bertz CT molecular complexity index is 540. The summed E-state index contributed by atoms with van der Waals surface area (Å²) in [4.78, 5) is 10.8. The molecule has 1 N–H and O–H groups in total. The molecular weight excluding hydrogens is 238 g/mol. The number of hydrogen-bond acceptors (Lipinski definition) is 4. The molecule has 0 amide bonds. The molecule has 0 aliphatic carbocycles. The lowest BCUT2D eigenvalue weighted by Gasteiger charge is -2.21. The van der Waals surface area contributed by atoms with E-state index in [2.05, 4.69) is 9.97 Å². The molecular formula is C15H19N3O. The Hall–Kier alpha value is -1.94. The molecule has 0 spiro atoms. The Labute approximate surface area is 113 Å². The normalized spacial score (nSPS) is 10.8. The summed E-state index contributed by atoms with van der Waals surface area (Å²) in [5.74, 6) is 1.01. The Morgan fingerprint density at radius 3 is 2.47 bits per heavy atom. The third kappa shape index (κ3) is 2.90. The Morgan fingerprint density at radius 2 is 1.89 bits per heavy atom. The molecule has 0 saturated carbocycles. The molecule has 0 saturated heterocycles. The van der Waals surface area contributed by atoms with Crippen LogP contribution in [0.4, 0.5) is 11.4 Å². The van der Waals surface area contributed by atoms with Crippen molar-refractivity contribution in [2.24, 2.45) is 0 Å². The summed E-state index contributed by atoms with van der Waals surface area (Å²) in [6.07, 6.45) is 1.78. The molecule has 0 atom stereocenters. The molecule has 0 fully saturated rings. The number of hydrogen-bond donors (Lipinski definition) is 1. The second-order valence-electron chi connectivity index (χ2n) is 4.77. The van der Waals surface area contributed by atoms with E-state index in [1.165, 1.54) is 0 Å². The van der Waals surface area contributed by atoms with E-state index < -0.39 is 0 Å². The molecule has 1 aromatic carbocycles. The van der Waals surface area contributed by atoms with Gasteiger partial charge < -0.3 is 10.0 Å². The lowest BCUT2D eigenvalue weighted by Crippen LogP contribution is -2.14. The Kier molecular flexibility index (Phi) is 4.12. The number of aliphatic hydroxyl groups excluding tert-OH is 1. The van der Waals surface area contributed by atoms with Gasteiger partial charge in [0.2, 0.25) is 0 Å². The van der Waals surface area contributed by atoms with Crippen molar-refractivity contribution in [3.63, 3.8) is 0 Å². The first-order valence-corrected chi connectivity index (χ1v) is 6.39. The van der Waals surface area contributed by atoms with Gasteiger partial charge in [-0.05, 0) is 12.1 Å². The van der Waals surface area contributed by atoms with Crippen LogP contribution in [-0.2, 0) is 6.61 Å². The van der Waals surface area contributed by atoms with Gasteiger partial charge in [-0.25, -0.2) is 9.97 Å². The van der Waals surface area contributed by atoms with E-state index in [1.807, 2.05) is 56.1 Å². The molecule has 19 heavy (non-hydrogen) atoms. The van der Waals surface area contributed by atoms with Crippen LogP contribution >= 0.6 is 0 Å². The van der Waals surface area contributed by atoms with E-state index in [0.717, 1.165) is 17.2 Å². The number of rotatable bonds is 4. The van der Waals surface area contributed by atoms with E-state index in [4.69, 9.17) is 0 Å². The second-order valence-corrected chi connectivity index (χ2v) is 4.77. The molecule has 1 aromatic heterocycles. The number of aromatic nitrogens is 2. The predicted molar refractivity (Wildman–Crippen MR) is 76.5 cm³/mol. The molecule has 2 aromatic rings. The van der Waals surface area contributed by atoms with Crippen molar-refractivity contribution in [2.45, 2.75) is 26.4 Å². The zero-order chi connectivity index (χ0) is 13.8. The van der Waals surface area contributed by atoms with Crippen LogP contribution in [0.1, 0.15) is 31.3 Å². The van der Waals surface area contributed by atoms with Crippen LogP contribution < -0.4 is 4.90 Å². The van der Waals surface area contributed by atoms with E-state index in [9.17, 15) is 5.11 Å². The highest BCUT2D eigenvalue weighted by Gasteiger charge is 2.13. The number of aliphatic hydroxyl groups is 1. The van der Waals surface area contributed by atoms with Crippen LogP contribution in [0.2, 0.25) is 0 Å². The largest absolute Gasteiger partial charge is 0.390 e. The summed E-state index contributed by atoms with van der Waals surface area (Å²) in [7, 11) is 1.95. The summed E-state index contributed by atoms with van der Waals surface area (Å²) >= 11 is 0. The number of anilines is 2. The van der Waals surface area contributed by atoms with Crippen molar-refractivity contribution in [3.8, 4) is 0 Å². The molecule has 0 aliphatic heterocycles. The SMILES string of the molecule is CC(C)c1ncc(N(C)c2ccccc2)c(CO)n1. The van der Waals surface area contributed by atoms with E-state index in [-0.39, 0.29) is 12.5 Å². The summed E-state index contributed by atoms with van der Waals surface area (Å²) in [5, 5.41) is 9.50. The van der Waals surface area contributed by atoms with Crippen molar-refractivity contribution >= 4 is 11.4 Å². The molecule has 4 heteroatoms. The first-order valence-electron chi connectivity index (χ1n) is 6.39. The highest BCUT2D eigenvalue weighted by molar-refractivity contribution is 5.63. The molecule has 4 nitrogen and oxygen atoms in total. The highest BCUT2D eigenvalue weighted by atomic mass is 16.3. The second kappa shape index (κ2) is 5.80. The van der Waals surface area contributed by atoms with E-state index >= 15 is 0 Å². The Balaban J connectivity index is 2.39. The smallest absolute Gasteiger partial charge is 0.131 e. The minimum Gasteiger partial charge on any atom is -0.390 e. The van der Waals surface area contributed by atoms with Crippen LogP contribution in [-0.4, -0.2) is 22.1 Å². The summed E-state index contributed by atoms with van der Waals surface area (Å²) < 4.78 is 0. The monoisotopic (exact) mass is 257 g/mol. The fourth-order valence-corrected chi connectivity index (χ4v) is 1.89. The van der Waals surface area contributed by atoms with Gasteiger partial charge in [0.15, 0.2) is 0 Å². The molecule has 0 radical (unpaired) electrons. The van der Waals surface area contributed by atoms with E-state index in [1.54, 1.807) is 6.20 Å². The zero-order valence-electron chi connectivity index (χ0n) is 11.5. The van der Waals surface area contributed by atoms with Crippen LogP contribution in [0.15, 0.2) is 36.5 Å². The van der Waals surface area contributed by atoms with Gasteiger partial charge in [-0.1, -0.05) is 32.0 Å². The summed E-state index contributed by atoms with van der Waals surface area (Å²) in [5.41, 5.74) is 2.53. The van der Waals surface area contributed by atoms with Crippen molar-refractivity contribution in [1.29, 1.82) is 0 Å². The molecule has 0 unspecified atom stereocenters. The maximum absolute atomic E-state index is 9.50. The van der Waals surface area contributed by atoms with Crippen LogP contribution in [0.3, 0.4) is 0 Å². The van der Waals surface area contributed by atoms with Crippen LogP contribution in [0, 0.1) is 0 Å². The molecule has 0 aliphatic rings. The lowest BCUT2D eigenvalue weighted by molar-refractivity contribution is 0.276. The van der Waals surface area contributed by atoms with Gasteiger partial charge in [-0.15, -0.1) is 0 Å². The quantitative estimate of drug-likeness (QED) is 0.915. The maximum atomic E-state index is 9.50. The topological polar surface area (TPSA) is 49.2 Å². The number of para-hydroxylation sites is 1. The third-order valence-electron chi connectivity index (χ3n) is 3.04. The van der Waals surface area contributed by atoms with Crippen LogP contribution in [0.5, 0.6) is 0 Å². The van der Waals surface area contributed by atoms with Gasteiger partial charge in [-0.3, -0.25) is 0 Å². The van der Waals surface area contributed by atoms with Gasteiger partial charge in [-0.2, -0.15) is 0 Å². The maximum Gasteiger partial charge on any atom is 0.131 e. The predicted octanol–water partition coefficient (Wildman–Crippen LogP) is 2.86. The number of nitrogens with zero attached hydrogens (tertiary/aromatic N) is 3. The highest BCUT2D eigenvalue weighted by Crippen LogP contribution is 2.26. The number of benzene rings is 1. The Morgan fingerprint density at radius 1 is 1.21 bits per heavy atom. The average molecular weight is 257 g/mol. The van der Waals surface area contributed by atoms with Gasteiger partial charge in [0, 0.05) is 18.7 Å². The molecule has 100 valence electrons. The molecule has 1 heterocycles.